The molecule has 0 unspecified atom stereocenters. The molecule has 1 fully saturated rings. The summed E-state index contributed by atoms with van der Waals surface area (Å²) in [4.78, 5) is 25.1. The number of aromatic nitrogens is 3. The van der Waals surface area contributed by atoms with Gasteiger partial charge in [-0.25, -0.2) is 14.4 Å². The first-order valence-electron chi connectivity index (χ1n) is 8.93. The van der Waals surface area contributed by atoms with Crippen molar-refractivity contribution in [1.82, 2.24) is 15.0 Å². The van der Waals surface area contributed by atoms with Crippen LogP contribution in [0.1, 0.15) is 24.6 Å². The van der Waals surface area contributed by atoms with Gasteiger partial charge in [0.2, 0.25) is 5.91 Å². The number of hydrogen-bond donors (Lipinski definition) is 2. The van der Waals surface area contributed by atoms with Crippen molar-refractivity contribution < 1.29 is 9.18 Å². The van der Waals surface area contributed by atoms with Crippen molar-refractivity contribution in [3.8, 4) is 11.3 Å². The number of alkyl halides is 1. The zero-order valence-electron chi connectivity index (χ0n) is 15.2. The molecule has 0 aliphatic heterocycles. The summed E-state index contributed by atoms with van der Waals surface area (Å²) in [6.45, 7) is 4.02. The second kappa shape index (κ2) is 6.57. The lowest BCUT2D eigenvalue weighted by Gasteiger charge is -2.11. The Hall–Kier alpha value is -3.09. The lowest BCUT2D eigenvalue weighted by Crippen LogP contribution is -2.15. The number of nitrogens with zero attached hydrogens (tertiary/aromatic N) is 3. The summed E-state index contributed by atoms with van der Waals surface area (Å²) < 4.78 is 13.1. The molecule has 1 aliphatic rings. The topological polar surface area (TPSA) is 93.8 Å². The van der Waals surface area contributed by atoms with Gasteiger partial charge in [-0.2, -0.15) is 0 Å². The van der Waals surface area contributed by atoms with Gasteiger partial charge in [0.25, 0.3) is 0 Å². The Morgan fingerprint density at radius 3 is 2.78 bits per heavy atom. The quantitative estimate of drug-likeness (QED) is 0.739. The van der Waals surface area contributed by atoms with E-state index >= 15 is 0 Å². The lowest BCUT2D eigenvalue weighted by molar-refractivity contribution is -0.117. The number of hydrogen-bond acceptors (Lipinski definition) is 5. The molecule has 0 aromatic carbocycles. The van der Waals surface area contributed by atoms with Crippen molar-refractivity contribution in [2.75, 3.05) is 11.1 Å². The molecule has 0 bridgehead atoms. The van der Waals surface area contributed by atoms with Gasteiger partial charge in [-0.05, 0) is 48.9 Å². The van der Waals surface area contributed by atoms with Crippen molar-refractivity contribution in [2.45, 2.75) is 32.9 Å². The van der Waals surface area contributed by atoms with Crippen molar-refractivity contribution >= 4 is 28.3 Å². The molecule has 1 aliphatic carbocycles. The van der Waals surface area contributed by atoms with Crippen molar-refractivity contribution in [1.29, 1.82) is 0 Å². The highest BCUT2D eigenvalue weighted by Crippen LogP contribution is 2.35. The first kappa shape index (κ1) is 17.3. The van der Waals surface area contributed by atoms with Gasteiger partial charge in [-0.1, -0.05) is 6.92 Å². The van der Waals surface area contributed by atoms with Crippen LogP contribution < -0.4 is 11.1 Å². The Kier molecular flexibility index (Phi) is 4.22. The maximum Gasteiger partial charge on any atom is 0.231 e. The average Bonchev–Trinajstić information content (AvgIpc) is 3.38. The van der Waals surface area contributed by atoms with E-state index in [1.54, 1.807) is 12.3 Å². The third-order valence-electron chi connectivity index (χ3n) is 4.84. The van der Waals surface area contributed by atoms with E-state index in [0.29, 0.717) is 17.0 Å². The first-order chi connectivity index (χ1) is 13.0. The monoisotopic (exact) mass is 365 g/mol. The highest BCUT2D eigenvalue weighted by atomic mass is 19.1. The van der Waals surface area contributed by atoms with E-state index < -0.39 is 12.1 Å². The molecule has 3 aromatic rings. The number of carbonyl (C=O) groups excluding carboxylic acids is 1. The maximum atomic E-state index is 13.1. The van der Waals surface area contributed by atoms with E-state index in [9.17, 15) is 9.18 Å². The normalized spacial score (nSPS) is 18.5. The van der Waals surface area contributed by atoms with Gasteiger partial charge >= 0.3 is 0 Å². The number of nitrogens with one attached hydrogen (secondary N) is 1. The number of amides is 1. The van der Waals surface area contributed by atoms with Crippen LogP contribution in [0.25, 0.3) is 22.0 Å². The maximum absolute atomic E-state index is 13.1. The number of nitrogen functional groups attached to an aromatic ring is 1. The molecule has 0 saturated heterocycles. The van der Waals surface area contributed by atoms with Crippen LogP contribution in [-0.4, -0.2) is 27.0 Å². The molecule has 0 radical (unpaired) electrons. The molecule has 1 saturated carbocycles. The number of fused-ring (bicyclic) bond motifs is 1. The van der Waals surface area contributed by atoms with Crippen LogP contribution in [0.15, 0.2) is 30.6 Å². The minimum Gasteiger partial charge on any atom is -0.383 e. The molecule has 138 valence electrons. The van der Waals surface area contributed by atoms with Gasteiger partial charge in [-0.3, -0.25) is 9.78 Å². The van der Waals surface area contributed by atoms with Crippen LogP contribution in [-0.2, 0) is 11.2 Å². The van der Waals surface area contributed by atoms with Gasteiger partial charge in [0.1, 0.15) is 17.8 Å². The molecule has 3 aromatic heterocycles. The molecule has 6 nitrogen and oxygen atoms in total. The first-order valence-corrected chi connectivity index (χ1v) is 8.93. The third-order valence-corrected chi connectivity index (χ3v) is 4.84. The van der Waals surface area contributed by atoms with E-state index in [2.05, 4.69) is 20.3 Å². The highest BCUT2D eigenvalue weighted by molar-refractivity contribution is 5.98. The summed E-state index contributed by atoms with van der Waals surface area (Å²) in [5.74, 6) is -0.154. The number of pyridine rings is 3. The number of nitrogens with two attached hydrogens (primary N) is 1. The molecule has 3 N–H and O–H groups in total. The van der Waals surface area contributed by atoms with Crippen LogP contribution in [0.5, 0.6) is 0 Å². The van der Waals surface area contributed by atoms with Crippen molar-refractivity contribution in [3.63, 3.8) is 0 Å². The fourth-order valence-electron chi connectivity index (χ4n) is 3.07. The fraction of sp³-hybridized carbons (Fsp3) is 0.300. The third kappa shape index (κ3) is 3.32. The summed E-state index contributed by atoms with van der Waals surface area (Å²) in [6, 6.07) is 5.67. The molecule has 2 atom stereocenters. The molecular weight excluding hydrogens is 345 g/mol. The number of aryl methyl sites for hydroxylation is 2. The molecule has 0 spiro atoms. The SMILES string of the molecule is CCc1cc(-c2cc3cc(NC(=O)[C@@H]4C[C@@H]4F)ncc3c(N)n2)c(C)cn1. The zero-order valence-corrected chi connectivity index (χ0v) is 15.2. The van der Waals surface area contributed by atoms with E-state index in [1.165, 1.54) is 0 Å². The highest BCUT2D eigenvalue weighted by Gasteiger charge is 2.43. The Balaban J connectivity index is 1.74. The molecule has 27 heavy (non-hydrogen) atoms. The molecule has 7 heteroatoms. The van der Waals surface area contributed by atoms with Crippen LogP contribution in [0.3, 0.4) is 0 Å². The summed E-state index contributed by atoms with van der Waals surface area (Å²) in [6.07, 6.45) is 3.47. The van der Waals surface area contributed by atoms with Gasteiger partial charge in [0, 0.05) is 29.0 Å². The minimum atomic E-state index is -1.04. The van der Waals surface area contributed by atoms with Gasteiger partial charge < -0.3 is 11.1 Å². The van der Waals surface area contributed by atoms with Crippen molar-refractivity contribution in [3.05, 3.63) is 41.9 Å². The van der Waals surface area contributed by atoms with E-state index in [1.807, 2.05) is 32.2 Å². The fourth-order valence-corrected chi connectivity index (χ4v) is 3.07. The largest absolute Gasteiger partial charge is 0.383 e. The van der Waals surface area contributed by atoms with Crippen LogP contribution in [0.4, 0.5) is 16.0 Å². The molecule has 1 amide bonds. The summed E-state index contributed by atoms with van der Waals surface area (Å²) in [5.41, 5.74) is 9.83. The number of anilines is 2. The molecule has 3 heterocycles. The van der Waals surface area contributed by atoms with Crippen molar-refractivity contribution in [2.24, 2.45) is 5.92 Å². The molecular formula is C20H20FN5O. The average molecular weight is 365 g/mol. The zero-order chi connectivity index (χ0) is 19.1. The lowest BCUT2D eigenvalue weighted by atomic mass is 10.0. The number of rotatable bonds is 4. The van der Waals surface area contributed by atoms with E-state index in [0.717, 1.165) is 34.3 Å². The predicted octanol–water partition coefficient (Wildman–Crippen LogP) is 3.44. The summed E-state index contributed by atoms with van der Waals surface area (Å²) >= 11 is 0. The van der Waals surface area contributed by atoms with E-state index in [-0.39, 0.29) is 12.3 Å². The summed E-state index contributed by atoms with van der Waals surface area (Å²) in [5, 5.41) is 4.19. The van der Waals surface area contributed by atoms with Crippen LogP contribution in [0, 0.1) is 12.8 Å². The minimum absolute atomic E-state index is 0.279. The summed E-state index contributed by atoms with van der Waals surface area (Å²) in [7, 11) is 0. The number of carbonyl (C=O) groups is 1. The Bertz CT molecular complexity index is 1050. The smallest absolute Gasteiger partial charge is 0.231 e. The second-order valence-corrected chi connectivity index (χ2v) is 6.87. The van der Waals surface area contributed by atoms with Gasteiger partial charge in [0.15, 0.2) is 0 Å². The van der Waals surface area contributed by atoms with Crippen LogP contribution >= 0.6 is 0 Å². The number of halogens is 1. The standard InChI is InChI=1S/C20H20FN5O/c1-3-12-6-13(10(2)8-23-12)17-4-11-5-18(24-9-15(11)19(22)25-17)26-20(27)14-7-16(14)21/h4-6,8-9,14,16H,3,7H2,1-2H3,(H2,22,25)(H,24,26,27)/t14-,16+/m1/s1. The Morgan fingerprint density at radius 2 is 2.07 bits per heavy atom. The van der Waals surface area contributed by atoms with Gasteiger partial charge in [0.05, 0.1) is 11.6 Å². The Labute approximate surface area is 156 Å². The second-order valence-electron chi connectivity index (χ2n) is 6.87. The molecule has 4 rings (SSSR count). The predicted molar refractivity (Wildman–Crippen MR) is 103 cm³/mol. The Morgan fingerprint density at radius 1 is 1.30 bits per heavy atom. The van der Waals surface area contributed by atoms with E-state index in [4.69, 9.17) is 5.73 Å². The van der Waals surface area contributed by atoms with Crippen LogP contribution in [0.2, 0.25) is 0 Å². The van der Waals surface area contributed by atoms with Gasteiger partial charge in [-0.15, -0.1) is 0 Å².